The van der Waals surface area contributed by atoms with Crippen LogP contribution in [0.2, 0.25) is 0 Å². The second-order valence-electron chi connectivity index (χ2n) is 8.05. The molecule has 6 rings (SSSR count). The van der Waals surface area contributed by atoms with Crippen molar-refractivity contribution in [2.75, 3.05) is 0 Å². The van der Waals surface area contributed by atoms with Gasteiger partial charge in [0.2, 0.25) is 5.69 Å². The van der Waals surface area contributed by atoms with Gasteiger partial charge in [-0.3, -0.25) is 0 Å². The van der Waals surface area contributed by atoms with Crippen molar-refractivity contribution < 1.29 is 9.30 Å². The molecule has 1 fully saturated rings. The number of hydrogen-bond donors (Lipinski definition) is 0. The van der Waals surface area contributed by atoms with E-state index in [0.29, 0.717) is 5.92 Å². The van der Waals surface area contributed by atoms with Gasteiger partial charge in [0.05, 0.1) is 10.9 Å². The van der Waals surface area contributed by atoms with Gasteiger partial charge in [0, 0.05) is 10.8 Å². The number of benzene rings is 2. The molecular weight excluding hydrogens is 350 g/mol. The Morgan fingerprint density at radius 1 is 1.07 bits per heavy atom. The monoisotopic (exact) mass is 372 g/mol. The van der Waals surface area contributed by atoms with Gasteiger partial charge >= 0.3 is 0 Å². The highest BCUT2D eigenvalue weighted by atomic mass is 32.1. The number of thiophene rings is 1. The van der Waals surface area contributed by atoms with E-state index >= 15 is 0 Å². The molecule has 4 aromatic rings. The summed E-state index contributed by atoms with van der Waals surface area (Å²) < 4.78 is 10.1. The summed E-state index contributed by atoms with van der Waals surface area (Å²) in [5.74, 6) is 2.72. The summed E-state index contributed by atoms with van der Waals surface area (Å²) in [6, 6.07) is 11.4. The number of nitrogens with zero attached hydrogens (tertiary/aromatic N) is 1. The van der Waals surface area contributed by atoms with Crippen molar-refractivity contribution in [3.05, 3.63) is 53.0 Å². The van der Waals surface area contributed by atoms with Crippen molar-refractivity contribution >= 4 is 32.2 Å². The van der Waals surface area contributed by atoms with E-state index < -0.39 is 0 Å². The second kappa shape index (κ2) is 5.56. The quantitative estimate of drug-likeness (QED) is 0.301. The van der Waals surface area contributed by atoms with E-state index in [1.807, 2.05) is 0 Å². The van der Waals surface area contributed by atoms with Crippen LogP contribution < -0.4 is 9.30 Å². The Bertz CT molecular complexity index is 1230. The van der Waals surface area contributed by atoms with Crippen molar-refractivity contribution in [3.8, 4) is 22.8 Å². The van der Waals surface area contributed by atoms with E-state index in [-0.39, 0.29) is 0 Å². The van der Waals surface area contributed by atoms with Crippen molar-refractivity contribution in [2.45, 2.75) is 38.5 Å². The third kappa shape index (κ3) is 2.15. The van der Waals surface area contributed by atoms with Gasteiger partial charge in [-0.05, 0) is 71.2 Å². The Labute approximate surface area is 163 Å². The Hall–Kier alpha value is -2.39. The number of aryl methyl sites for hydroxylation is 2. The maximum atomic E-state index is 6.56. The molecule has 0 bridgehead atoms. The number of ether oxygens (including phenoxy) is 1. The topological polar surface area (TPSA) is 13.1 Å². The first-order valence-electron chi connectivity index (χ1n) is 9.86. The highest BCUT2D eigenvalue weighted by Gasteiger charge is 2.31. The molecule has 3 heteroatoms. The Morgan fingerprint density at radius 3 is 2.78 bits per heavy atom. The highest BCUT2D eigenvalue weighted by molar-refractivity contribution is 7.17. The number of hydrogen-bond acceptors (Lipinski definition) is 2. The van der Waals surface area contributed by atoms with Crippen molar-refractivity contribution in [1.29, 1.82) is 0 Å². The van der Waals surface area contributed by atoms with Crippen LogP contribution in [-0.4, -0.2) is 0 Å². The molecule has 0 spiro atoms. The highest BCUT2D eigenvalue weighted by Crippen LogP contribution is 2.50. The van der Waals surface area contributed by atoms with Gasteiger partial charge in [-0.15, -0.1) is 11.3 Å². The fraction of sp³-hybridized carbons (Fsp3) is 0.292. The van der Waals surface area contributed by atoms with Crippen LogP contribution in [0.1, 0.15) is 42.7 Å². The van der Waals surface area contributed by atoms with Crippen LogP contribution in [0.15, 0.2) is 41.9 Å². The van der Waals surface area contributed by atoms with Crippen LogP contribution >= 0.6 is 11.3 Å². The first-order valence-corrected chi connectivity index (χ1v) is 10.7. The maximum Gasteiger partial charge on any atom is 0.228 e. The van der Waals surface area contributed by atoms with Crippen molar-refractivity contribution in [3.63, 3.8) is 0 Å². The third-order valence-electron chi connectivity index (χ3n) is 6.49. The van der Waals surface area contributed by atoms with E-state index in [1.54, 1.807) is 11.3 Å². The smallest absolute Gasteiger partial charge is 0.228 e. The van der Waals surface area contributed by atoms with Crippen molar-refractivity contribution in [1.82, 2.24) is 0 Å². The molecule has 1 aliphatic carbocycles. The van der Waals surface area contributed by atoms with Crippen LogP contribution in [0.25, 0.3) is 32.1 Å². The predicted molar refractivity (Wildman–Crippen MR) is 112 cm³/mol. The van der Waals surface area contributed by atoms with Gasteiger partial charge in [0.15, 0.2) is 6.20 Å². The van der Waals surface area contributed by atoms with Crippen LogP contribution in [-0.2, 0) is 7.05 Å². The summed E-state index contributed by atoms with van der Waals surface area (Å²) in [6.45, 7) is 2.23. The number of pyridine rings is 1. The normalized spacial score (nSPS) is 16.1. The predicted octanol–water partition coefficient (Wildman–Crippen LogP) is 6.62. The molecular formula is C24H22NOS+. The summed E-state index contributed by atoms with van der Waals surface area (Å²) in [5, 5.41) is 6.07. The Morgan fingerprint density at radius 2 is 1.93 bits per heavy atom. The minimum Gasteiger partial charge on any atom is -0.455 e. The standard InChI is InChI=1S/C24H22NOS/c1-14-18-8-10-27-21(18)13-20-22(14)24-23-16(7-9-25(24)2)11-17(12-19(23)26-20)15-5-3-4-6-15/h7-13,15H,3-6H2,1-2H3/q+1. The number of fused-ring (bicyclic) bond motifs is 3. The van der Waals surface area contributed by atoms with E-state index in [9.17, 15) is 0 Å². The summed E-state index contributed by atoms with van der Waals surface area (Å²) in [7, 11) is 2.15. The SMILES string of the molecule is Cc1c2c(cc3sccc13)Oc1cc(C3CCCC3)cc3cc[n+](C)c-2c13. The Balaban J connectivity index is 1.69. The molecule has 2 nitrogen and oxygen atoms in total. The molecule has 2 aliphatic rings. The Kier molecular flexibility index (Phi) is 3.22. The molecule has 1 aliphatic heterocycles. The van der Waals surface area contributed by atoms with Gasteiger partial charge < -0.3 is 4.74 Å². The summed E-state index contributed by atoms with van der Waals surface area (Å²) in [6.07, 6.45) is 7.53. The molecule has 0 atom stereocenters. The fourth-order valence-corrected chi connectivity index (χ4v) is 5.98. The zero-order chi connectivity index (χ0) is 18.1. The molecule has 134 valence electrons. The molecule has 0 saturated heterocycles. The van der Waals surface area contributed by atoms with Crippen LogP contribution in [0, 0.1) is 6.92 Å². The van der Waals surface area contributed by atoms with E-state index in [2.05, 4.69) is 60.4 Å². The lowest BCUT2D eigenvalue weighted by Gasteiger charge is -2.23. The van der Waals surface area contributed by atoms with Gasteiger partial charge in [0.25, 0.3) is 0 Å². The van der Waals surface area contributed by atoms with Crippen LogP contribution in [0.3, 0.4) is 0 Å². The first kappa shape index (κ1) is 15.6. The van der Waals surface area contributed by atoms with Gasteiger partial charge in [-0.2, -0.15) is 0 Å². The summed E-state index contributed by atoms with van der Waals surface area (Å²) in [4.78, 5) is 0. The lowest BCUT2D eigenvalue weighted by Crippen LogP contribution is -2.31. The molecule has 0 radical (unpaired) electrons. The van der Waals surface area contributed by atoms with Crippen molar-refractivity contribution in [2.24, 2.45) is 7.05 Å². The molecule has 0 amide bonds. The maximum absolute atomic E-state index is 6.56. The average Bonchev–Trinajstić information content (AvgIpc) is 3.35. The minimum atomic E-state index is 0.689. The zero-order valence-electron chi connectivity index (χ0n) is 15.7. The lowest BCUT2D eigenvalue weighted by atomic mass is 9.90. The molecule has 2 aromatic heterocycles. The second-order valence-corrected chi connectivity index (χ2v) is 9.00. The lowest BCUT2D eigenvalue weighted by molar-refractivity contribution is -0.659. The number of rotatable bonds is 1. The zero-order valence-corrected chi connectivity index (χ0v) is 16.5. The molecule has 1 saturated carbocycles. The molecule has 27 heavy (non-hydrogen) atoms. The van der Waals surface area contributed by atoms with Gasteiger partial charge in [0.1, 0.15) is 18.5 Å². The van der Waals surface area contributed by atoms with Crippen LogP contribution in [0.5, 0.6) is 11.5 Å². The van der Waals surface area contributed by atoms with E-state index in [1.165, 1.54) is 68.9 Å². The van der Waals surface area contributed by atoms with E-state index in [0.717, 1.165) is 11.5 Å². The first-order chi connectivity index (χ1) is 13.2. The summed E-state index contributed by atoms with van der Waals surface area (Å²) >= 11 is 1.79. The summed E-state index contributed by atoms with van der Waals surface area (Å²) in [5.41, 5.74) is 5.30. The number of aromatic nitrogens is 1. The average molecular weight is 373 g/mol. The van der Waals surface area contributed by atoms with Gasteiger partial charge in [-0.25, -0.2) is 4.57 Å². The molecule has 2 aromatic carbocycles. The third-order valence-corrected chi connectivity index (χ3v) is 7.35. The van der Waals surface area contributed by atoms with Crippen LogP contribution in [0.4, 0.5) is 0 Å². The van der Waals surface area contributed by atoms with E-state index in [4.69, 9.17) is 4.74 Å². The molecule has 3 heterocycles. The molecule has 0 unspecified atom stereocenters. The fourth-order valence-electron chi connectivity index (χ4n) is 5.11. The van der Waals surface area contributed by atoms with Gasteiger partial charge in [-0.1, -0.05) is 18.9 Å². The largest absolute Gasteiger partial charge is 0.455 e. The molecule has 0 N–H and O–H groups in total. The minimum absolute atomic E-state index is 0.689.